The molecular formula is C16H24N2O4S. The molecule has 1 amide bonds. The number of amides is 1. The standard InChI is InChI=1S/C16H24N2O4S/c1-11-9-14(22-4)10-12(2)15(11)23(20,21)17-13(3)16(19)18-7-5-6-8-18/h9-10,13,17H,5-8H2,1-4H3/t13-/m0/s1. The molecule has 1 aliphatic rings. The second kappa shape index (κ2) is 6.88. The van der Waals surface area contributed by atoms with Gasteiger partial charge in [0.1, 0.15) is 5.75 Å². The number of rotatable bonds is 5. The highest BCUT2D eigenvalue weighted by Gasteiger charge is 2.29. The maximum Gasteiger partial charge on any atom is 0.241 e. The lowest BCUT2D eigenvalue weighted by atomic mass is 10.1. The highest BCUT2D eigenvalue weighted by molar-refractivity contribution is 7.89. The maximum absolute atomic E-state index is 12.7. The number of hydrogen-bond donors (Lipinski definition) is 1. The molecule has 2 rings (SSSR count). The summed E-state index contributed by atoms with van der Waals surface area (Å²) in [5.41, 5.74) is 1.19. The van der Waals surface area contributed by atoms with Crippen LogP contribution in [0.4, 0.5) is 0 Å². The molecule has 1 atom stereocenters. The van der Waals surface area contributed by atoms with Gasteiger partial charge in [-0.15, -0.1) is 0 Å². The van der Waals surface area contributed by atoms with Crippen LogP contribution < -0.4 is 9.46 Å². The zero-order valence-corrected chi connectivity index (χ0v) is 14.9. The molecule has 1 saturated heterocycles. The first kappa shape index (κ1) is 17.7. The first-order valence-electron chi connectivity index (χ1n) is 7.72. The van der Waals surface area contributed by atoms with Gasteiger partial charge < -0.3 is 9.64 Å². The summed E-state index contributed by atoms with van der Waals surface area (Å²) in [6.45, 7) is 6.43. The molecule has 0 aliphatic carbocycles. The molecule has 1 aromatic carbocycles. The molecule has 128 valence electrons. The Bertz CT molecular complexity index is 671. The highest BCUT2D eigenvalue weighted by Crippen LogP contribution is 2.25. The lowest BCUT2D eigenvalue weighted by Crippen LogP contribution is -2.46. The summed E-state index contributed by atoms with van der Waals surface area (Å²) in [5.74, 6) is 0.440. The average molecular weight is 340 g/mol. The molecule has 0 saturated carbocycles. The van der Waals surface area contributed by atoms with Crippen molar-refractivity contribution in [3.8, 4) is 5.75 Å². The molecule has 0 unspecified atom stereocenters. The van der Waals surface area contributed by atoms with Crippen molar-refractivity contribution in [2.45, 2.75) is 44.6 Å². The predicted octanol–water partition coefficient (Wildman–Crippen LogP) is 1.60. The number of aryl methyl sites for hydroxylation is 2. The summed E-state index contributed by atoms with van der Waals surface area (Å²) in [4.78, 5) is 14.2. The minimum Gasteiger partial charge on any atom is -0.497 e. The van der Waals surface area contributed by atoms with Crippen LogP contribution >= 0.6 is 0 Å². The van der Waals surface area contributed by atoms with Gasteiger partial charge in [-0.25, -0.2) is 8.42 Å². The monoisotopic (exact) mass is 340 g/mol. The molecule has 1 heterocycles. The normalized spacial score (nSPS) is 16.4. The molecule has 6 nitrogen and oxygen atoms in total. The van der Waals surface area contributed by atoms with E-state index in [2.05, 4.69) is 4.72 Å². The molecule has 1 aliphatic heterocycles. The second-order valence-corrected chi connectivity index (χ2v) is 7.62. The van der Waals surface area contributed by atoms with Crippen molar-refractivity contribution in [3.63, 3.8) is 0 Å². The number of nitrogens with one attached hydrogen (secondary N) is 1. The van der Waals surface area contributed by atoms with Crippen LogP contribution in [0.3, 0.4) is 0 Å². The van der Waals surface area contributed by atoms with Gasteiger partial charge in [-0.05, 0) is 56.9 Å². The summed E-state index contributed by atoms with van der Waals surface area (Å²) in [5, 5.41) is 0. The van der Waals surface area contributed by atoms with Gasteiger partial charge in [-0.1, -0.05) is 0 Å². The van der Waals surface area contributed by atoms with Crippen molar-refractivity contribution in [3.05, 3.63) is 23.3 Å². The van der Waals surface area contributed by atoms with Crippen molar-refractivity contribution >= 4 is 15.9 Å². The minimum atomic E-state index is -3.77. The molecule has 0 bridgehead atoms. The van der Waals surface area contributed by atoms with Crippen LogP contribution in [0.5, 0.6) is 5.75 Å². The van der Waals surface area contributed by atoms with Gasteiger partial charge in [0.25, 0.3) is 0 Å². The number of nitrogens with zero attached hydrogens (tertiary/aromatic N) is 1. The summed E-state index contributed by atoms with van der Waals surface area (Å²) in [6.07, 6.45) is 1.95. The Morgan fingerprint density at radius 3 is 2.22 bits per heavy atom. The quantitative estimate of drug-likeness (QED) is 0.883. The molecule has 0 radical (unpaired) electrons. The molecule has 0 aromatic heterocycles. The van der Waals surface area contributed by atoms with E-state index in [1.54, 1.807) is 37.8 Å². The number of ether oxygens (including phenoxy) is 1. The van der Waals surface area contributed by atoms with Gasteiger partial charge in [0, 0.05) is 13.1 Å². The Kier molecular flexibility index (Phi) is 5.31. The van der Waals surface area contributed by atoms with Crippen LogP contribution in [0.15, 0.2) is 17.0 Å². The van der Waals surface area contributed by atoms with Crippen molar-refractivity contribution in [1.82, 2.24) is 9.62 Å². The van der Waals surface area contributed by atoms with E-state index in [1.807, 2.05) is 0 Å². The minimum absolute atomic E-state index is 0.171. The van der Waals surface area contributed by atoms with E-state index in [-0.39, 0.29) is 10.8 Å². The van der Waals surface area contributed by atoms with Gasteiger partial charge in [0.05, 0.1) is 18.0 Å². The Morgan fingerprint density at radius 2 is 1.74 bits per heavy atom. The van der Waals surface area contributed by atoms with E-state index in [9.17, 15) is 13.2 Å². The number of likely N-dealkylation sites (tertiary alicyclic amines) is 1. The van der Waals surface area contributed by atoms with Crippen LogP contribution in [0.1, 0.15) is 30.9 Å². The van der Waals surface area contributed by atoms with Crippen molar-refractivity contribution in [1.29, 1.82) is 0 Å². The molecule has 1 N–H and O–H groups in total. The van der Waals surface area contributed by atoms with Crippen LogP contribution in [0, 0.1) is 13.8 Å². The summed E-state index contributed by atoms with van der Waals surface area (Å²) in [7, 11) is -2.23. The predicted molar refractivity (Wildman–Crippen MR) is 88.1 cm³/mol. The Morgan fingerprint density at radius 1 is 1.22 bits per heavy atom. The number of hydrogen-bond acceptors (Lipinski definition) is 4. The van der Waals surface area contributed by atoms with Gasteiger partial charge >= 0.3 is 0 Å². The number of benzene rings is 1. The summed E-state index contributed by atoms with van der Waals surface area (Å²) in [6, 6.07) is 2.57. The molecule has 23 heavy (non-hydrogen) atoms. The van der Waals surface area contributed by atoms with E-state index < -0.39 is 16.1 Å². The van der Waals surface area contributed by atoms with E-state index in [4.69, 9.17) is 4.74 Å². The van der Waals surface area contributed by atoms with Crippen LogP contribution in [-0.4, -0.2) is 45.5 Å². The Balaban J connectivity index is 2.23. The van der Waals surface area contributed by atoms with Crippen molar-refractivity contribution < 1.29 is 17.9 Å². The third-order valence-electron chi connectivity index (χ3n) is 4.06. The first-order chi connectivity index (χ1) is 10.8. The fraction of sp³-hybridized carbons (Fsp3) is 0.562. The Labute approximate surface area is 137 Å². The number of sulfonamides is 1. The third kappa shape index (κ3) is 3.84. The average Bonchev–Trinajstić information content (AvgIpc) is 2.98. The molecule has 1 aromatic rings. The van der Waals surface area contributed by atoms with Gasteiger partial charge in [0.15, 0.2) is 0 Å². The smallest absolute Gasteiger partial charge is 0.241 e. The van der Waals surface area contributed by atoms with E-state index in [0.717, 1.165) is 12.8 Å². The fourth-order valence-corrected chi connectivity index (χ4v) is 4.66. The van der Waals surface area contributed by atoms with Crippen LogP contribution in [0.25, 0.3) is 0 Å². The van der Waals surface area contributed by atoms with Crippen molar-refractivity contribution in [2.24, 2.45) is 0 Å². The second-order valence-electron chi connectivity index (χ2n) is 5.97. The van der Waals surface area contributed by atoms with Crippen molar-refractivity contribution in [2.75, 3.05) is 20.2 Å². The third-order valence-corrected chi connectivity index (χ3v) is 5.90. The highest BCUT2D eigenvalue weighted by atomic mass is 32.2. The van der Waals surface area contributed by atoms with Gasteiger partial charge in [0.2, 0.25) is 15.9 Å². The largest absolute Gasteiger partial charge is 0.497 e. The first-order valence-corrected chi connectivity index (χ1v) is 9.21. The molecular weight excluding hydrogens is 316 g/mol. The summed E-state index contributed by atoms with van der Waals surface area (Å²) >= 11 is 0. The lowest BCUT2D eigenvalue weighted by molar-refractivity contribution is -0.131. The SMILES string of the molecule is COc1cc(C)c(S(=O)(=O)N[C@@H](C)C(=O)N2CCCC2)c(C)c1. The van der Waals surface area contributed by atoms with E-state index in [0.29, 0.717) is 30.0 Å². The number of carbonyl (C=O) groups is 1. The number of methoxy groups -OCH3 is 1. The fourth-order valence-electron chi connectivity index (χ4n) is 3.01. The maximum atomic E-state index is 12.7. The topological polar surface area (TPSA) is 75.7 Å². The molecule has 0 spiro atoms. The van der Waals surface area contributed by atoms with E-state index in [1.165, 1.54) is 7.11 Å². The Hall–Kier alpha value is -1.60. The van der Waals surface area contributed by atoms with E-state index >= 15 is 0 Å². The van der Waals surface area contributed by atoms with Gasteiger partial charge in [-0.3, -0.25) is 4.79 Å². The van der Waals surface area contributed by atoms with Gasteiger partial charge in [-0.2, -0.15) is 4.72 Å². The molecule has 1 fully saturated rings. The zero-order chi connectivity index (χ0) is 17.2. The lowest BCUT2D eigenvalue weighted by Gasteiger charge is -2.22. The van der Waals surface area contributed by atoms with Crippen LogP contribution in [-0.2, 0) is 14.8 Å². The van der Waals surface area contributed by atoms with Crippen LogP contribution in [0.2, 0.25) is 0 Å². The number of carbonyl (C=O) groups excluding carboxylic acids is 1. The zero-order valence-electron chi connectivity index (χ0n) is 14.0. The molecule has 7 heteroatoms. The summed E-state index contributed by atoms with van der Waals surface area (Å²) < 4.78 is 33.0.